The standard InChI is InChI=1S/C17H19FN2O/c1-2-20(16-9-4-3-5-10-16)12-11-17(21)19-15-8-6-7-14(18)13-15/h3-10,13H,2,11-12H2,1H3,(H,19,21). The molecular formula is C17H19FN2O. The van der Waals surface area contributed by atoms with Crippen LogP contribution in [-0.4, -0.2) is 19.0 Å². The maximum absolute atomic E-state index is 13.0. The van der Waals surface area contributed by atoms with E-state index in [1.807, 2.05) is 30.3 Å². The predicted octanol–water partition coefficient (Wildman–Crippen LogP) is 3.68. The molecule has 0 radical (unpaired) electrons. The molecule has 0 aliphatic heterocycles. The van der Waals surface area contributed by atoms with Gasteiger partial charge in [0.25, 0.3) is 0 Å². The van der Waals surface area contributed by atoms with E-state index in [4.69, 9.17) is 0 Å². The van der Waals surface area contributed by atoms with E-state index in [1.165, 1.54) is 12.1 Å². The Morgan fingerprint density at radius 2 is 1.90 bits per heavy atom. The van der Waals surface area contributed by atoms with Crippen molar-refractivity contribution in [2.45, 2.75) is 13.3 Å². The van der Waals surface area contributed by atoms with Gasteiger partial charge in [0.2, 0.25) is 5.91 Å². The number of nitrogens with one attached hydrogen (secondary N) is 1. The third-order valence-electron chi connectivity index (χ3n) is 3.22. The van der Waals surface area contributed by atoms with Crippen LogP contribution in [0.4, 0.5) is 15.8 Å². The normalized spacial score (nSPS) is 10.2. The van der Waals surface area contributed by atoms with Crippen LogP contribution in [-0.2, 0) is 4.79 Å². The first-order chi connectivity index (χ1) is 10.2. The van der Waals surface area contributed by atoms with Gasteiger partial charge in [-0.1, -0.05) is 24.3 Å². The number of rotatable bonds is 6. The van der Waals surface area contributed by atoms with Gasteiger partial charge in [0.05, 0.1) is 0 Å². The lowest BCUT2D eigenvalue weighted by Gasteiger charge is -2.22. The second-order valence-electron chi connectivity index (χ2n) is 4.72. The summed E-state index contributed by atoms with van der Waals surface area (Å²) >= 11 is 0. The summed E-state index contributed by atoms with van der Waals surface area (Å²) < 4.78 is 13.0. The number of hydrogen-bond acceptors (Lipinski definition) is 2. The van der Waals surface area contributed by atoms with Crippen molar-refractivity contribution < 1.29 is 9.18 Å². The summed E-state index contributed by atoms with van der Waals surface area (Å²) in [5.74, 6) is -0.470. The molecule has 0 fully saturated rings. The fraction of sp³-hybridized carbons (Fsp3) is 0.235. The molecule has 21 heavy (non-hydrogen) atoms. The van der Waals surface area contributed by atoms with Crippen molar-refractivity contribution in [1.29, 1.82) is 0 Å². The van der Waals surface area contributed by atoms with Gasteiger partial charge in [0.1, 0.15) is 5.82 Å². The van der Waals surface area contributed by atoms with Gasteiger partial charge >= 0.3 is 0 Å². The smallest absolute Gasteiger partial charge is 0.226 e. The Hall–Kier alpha value is -2.36. The van der Waals surface area contributed by atoms with Crippen LogP contribution in [0.1, 0.15) is 13.3 Å². The number of carbonyl (C=O) groups is 1. The number of hydrogen-bond donors (Lipinski definition) is 1. The molecule has 0 aliphatic rings. The molecule has 0 atom stereocenters. The summed E-state index contributed by atoms with van der Waals surface area (Å²) in [6.07, 6.45) is 0.360. The van der Waals surface area contributed by atoms with Crippen LogP contribution in [0.15, 0.2) is 54.6 Å². The average molecular weight is 286 g/mol. The average Bonchev–Trinajstić information content (AvgIpc) is 2.49. The van der Waals surface area contributed by atoms with E-state index in [1.54, 1.807) is 12.1 Å². The first-order valence-corrected chi connectivity index (χ1v) is 7.04. The van der Waals surface area contributed by atoms with Gasteiger partial charge in [-0.25, -0.2) is 4.39 Å². The first-order valence-electron chi connectivity index (χ1n) is 7.04. The van der Waals surface area contributed by atoms with Gasteiger partial charge in [-0.05, 0) is 37.3 Å². The molecule has 0 heterocycles. The van der Waals surface area contributed by atoms with E-state index in [0.717, 1.165) is 12.2 Å². The number of amides is 1. The van der Waals surface area contributed by atoms with Gasteiger partial charge in [-0.2, -0.15) is 0 Å². The van der Waals surface area contributed by atoms with Crippen molar-refractivity contribution in [2.75, 3.05) is 23.3 Å². The minimum absolute atomic E-state index is 0.116. The SMILES string of the molecule is CCN(CCC(=O)Nc1cccc(F)c1)c1ccccc1. The second kappa shape index (κ2) is 7.43. The molecular weight excluding hydrogens is 267 g/mol. The lowest BCUT2D eigenvalue weighted by molar-refractivity contribution is -0.116. The minimum Gasteiger partial charge on any atom is -0.371 e. The van der Waals surface area contributed by atoms with Gasteiger partial charge < -0.3 is 10.2 Å². The zero-order valence-electron chi connectivity index (χ0n) is 12.1. The summed E-state index contributed by atoms with van der Waals surface area (Å²) in [6.45, 7) is 3.51. The molecule has 0 saturated carbocycles. The van der Waals surface area contributed by atoms with Gasteiger partial charge in [-0.3, -0.25) is 4.79 Å². The lowest BCUT2D eigenvalue weighted by atomic mass is 10.2. The number of para-hydroxylation sites is 1. The Morgan fingerprint density at radius 3 is 2.57 bits per heavy atom. The molecule has 4 heteroatoms. The predicted molar refractivity (Wildman–Crippen MR) is 84.0 cm³/mol. The van der Waals surface area contributed by atoms with E-state index in [0.29, 0.717) is 18.7 Å². The van der Waals surface area contributed by atoms with Crippen molar-refractivity contribution in [2.24, 2.45) is 0 Å². The largest absolute Gasteiger partial charge is 0.371 e. The van der Waals surface area contributed by atoms with Crippen LogP contribution >= 0.6 is 0 Å². The van der Waals surface area contributed by atoms with E-state index in [2.05, 4.69) is 17.1 Å². The fourth-order valence-corrected chi connectivity index (χ4v) is 2.13. The van der Waals surface area contributed by atoms with Gasteiger partial charge in [-0.15, -0.1) is 0 Å². The third-order valence-corrected chi connectivity index (χ3v) is 3.22. The Bertz CT molecular complexity index is 586. The molecule has 3 nitrogen and oxygen atoms in total. The van der Waals surface area contributed by atoms with Crippen LogP contribution in [0.5, 0.6) is 0 Å². The Kier molecular flexibility index (Phi) is 5.32. The molecule has 0 bridgehead atoms. The molecule has 110 valence electrons. The monoisotopic (exact) mass is 286 g/mol. The Labute approximate surface area is 124 Å². The summed E-state index contributed by atoms with van der Waals surface area (Å²) in [7, 11) is 0. The second-order valence-corrected chi connectivity index (χ2v) is 4.72. The fourth-order valence-electron chi connectivity index (χ4n) is 2.13. The van der Waals surface area contributed by atoms with Crippen LogP contribution in [0.3, 0.4) is 0 Å². The van der Waals surface area contributed by atoms with E-state index in [-0.39, 0.29) is 11.7 Å². The summed E-state index contributed by atoms with van der Waals surface area (Å²) in [5.41, 5.74) is 1.58. The highest BCUT2D eigenvalue weighted by molar-refractivity contribution is 5.91. The van der Waals surface area contributed by atoms with Crippen molar-refractivity contribution in [3.63, 3.8) is 0 Å². The first kappa shape index (κ1) is 15.0. The third kappa shape index (κ3) is 4.60. The van der Waals surface area contributed by atoms with Crippen LogP contribution in [0.2, 0.25) is 0 Å². The quantitative estimate of drug-likeness (QED) is 0.878. The highest BCUT2D eigenvalue weighted by atomic mass is 19.1. The highest BCUT2D eigenvalue weighted by Crippen LogP contribution is 2.14. The van der Waals surface area contributed by atoms with Crippen molar-refractivity contribution >= 4 is 17.3 Å². The Balaban J connectivity index is 1.88. The van der Waals surface area contributed by atoms with Crippen molar-refractivity contribution in [1.82, 2.24) is 0 Å². The molecule has 0 aromatic heterocycles. The number of nitrogens with zero attached hydrogens (tertiary/aromatic N) is 1. The van der Waals surface area contributed by atoms with E-state index >= 15 is 0 Å². The molecule has 0 saturated heterocycles. The number of anilines is 2. The molecule has 0 spiro atoms. The molecule has 1 amide bonds. The van der Waals surface area contributed by atoms with E-state index in [9.17, 15) is 9.18 Å². The zero-order chi connectivity index (χ0) is 15.1. The number of carbonyl (C=O) groups excluding carboxylic acids is 1. The molecule has 2 aromatic carbocycles. The highest BCUT2D eigenvalue weighted by Gasteiger charge is 2.08. The molecule has 1 N–H and O–H groups in total. The molecule has 0 aliphatic carbocycles. The van der Waals surface area contributed by atoms with Crippen LogP contribution < -0.4 is 10.2 Å². The topological polar surface area (TPSA) is 32.3 Å². The summed E-state index contributed by atoms with van der Waals surface area (Å²) in [4.78, 5) is 14.0. The van der Waals surface area contributed by atoms with Crippen LogP contribution in [0.25, 0.3) is 0 Å². The molecule has 0 unspecified atom stereocenters. The van der Waals surface area contributed by atoms with Crippen LogP contribution in [0, 0.1) is 5.82 Å². The summed E-state index contributed by atoms with van der Waals surface area (Å²) in [5, 5.41) is 2.71. The van der Waals surface area contributed by atoms with E-state index < -0.39 is 0 Å². The number of benzene rings is 2. The lowest BCUT2D eigenvalue weighted by Crippen LogP contribution is -2.27. The van der Waals surface area contributed by atoms with Crippen molar-refractivity contribution in [3.8, 4) is 0 Å². The number of halogens is 1. The molecule has 2 rings (SSSR count). The van der Waals surface area contributed by atoms with Gasteiger partial charge in [0.15, 0.2) is 0 Å². The maximum Gasteiger partial charge on any atom is 0.226 e. The zero-order valence-corrected chi connectivity index (χ0v) is 12.1. The summed E-state index contributed by atoms with van der Waals surface area (Å²) in [6, 6.07) is 15.9. The Morgan fingerprint density at radius 1 is 1.14 bits per heavy atom. The van der Waals surface area contributed by atoms with Crippen molar-refractivity contribution in [3.05, 3.63) is 60.4 Å². The molecule has 2 aromatic rings. The van der Waals surface area contributed by atoms with Gasteiger partial charge in [0, 0.05) is 30.9 Å². The maximum atomic E-state index is 13.0. The minimum atomic E-state index is -0.354.